The van der Waals surface area contributed by atoms with Gasteiger partial charge in [0.15, 0.2) is 6.10 Å². The van der Waals surface area contributed by atoms with Crippen molar-refractivity contribution in [2.75, 3.05) is 0 Å². The molecule has 1 heterocycles. The number of nitro benzene ring substituents is 1. The highest BCUT2D eigenvalue weighted by Gasteiger charge is 2.15. The van der Waals surface area contributed by atoms with Gasteiger partial charge in [0.25, 0.3) is 11.6 Å². The molecule has 0 unspecified atom stereocenters. The lowest BCUT2D eigenvalue weighted by Gasteiger charge is -2.14. The van der Waals surface area contributed by atoms with E-state index in [4.69, 9.17) is 4.74 Å². The van der Waals surface area contributed by atoms with Gasteiger partial charge in [-0.15, -0.1) is 0 Å². The summed E-state index contributed by atoms with van der Waals surface area (Å²) in [5.41, 5.74) is 0.910. The van der Waals surface area contributed by atoms with Crippen LogP contribution in [0.2, 0.25) is 0 Å². The molecule has 0 aliphatic heterocycles. The maximum Gasteiger partial charge on any atom is 0.269 e. The number of hydrogen-bond acceptors (Lipinski definition) is 5. The molecule has 1 aromatic heterocycles. The molecule has 1 N–H and O–H groups in total. The molecular weight excluding hydrogens is 286 g/mol. The molecule has 0 saturated carbocycles. The van der Waals surface area contributed by atoms with Crippen LogP contribution < -0.4 is 10.1 Å². The summed E-state index contributed by atoms with van der Waals surface area (Å²) >= 11 is 0. The van der Waals surface area contributed by atoms with E-state index in [9.17, 15) is 14.9 Å². The van der Waals surface area contributed by atoms with Crippen LogP contribution in [0.4, 0.5) is 5.69 Å². The smallest absolute Gasteiger partial charge is 0.269 e. The van der Waals surface area contributed by atoms with Gasteiger partial charge in [0.05, 0.1) is 4.92 Å². The van der Waals surface area contributed by atoms with Gasteiger partial charge in [0.1, 0.15) is 5.75 Å². The first-order valence-corrected chi connectivity index (χ1v) is 6.64. The zero-order chi connectivity index (χ0) is 15.9. The van der Waals surface area contributed by atoms with Crippen molar-refractivity contribution in [1.29, 1.82) is 0 Å². The second-order valence-electron chi connectivity index (χ2n) is 4.58. The molecule has 22 heavy (non-hydrogen) atoms. The van der Waals surface area contributed by atoms with Crippen LogP contribution in [-0.2, 0) is 11.3 Å². The number of carbonyl (C=O) groups is 1. The number of rotatable bonds is 6. The van der Waals surface area contributed by atoms with Crippen LogP contribution in [0.3, 0.4) is 0 Å². The number of nitrogens with one attached hydrogen (secondary N) is 1. The molecule has 0 aliphatic carbocycles. The zero-order valence-electron chi connectivity index (χ0n) is 11.9. The summed E-state index contributed by atoms with van der Waals surface area (Å²) < 4.78 is 5.45. The maximum absolute atomic E-state index is 11.9. The van der Waals surface area contributed by atoms with Crippen LogP contribution in [0.15, 0.2) is 48.8 Å². The molecule has 7 nitrogen and oxygen atoms in total. The predicted molar refractivity (Wildman–Crippen MR) is 79.3 cm³/mol. The van der Waals surface area contributed by atoms with Gasteiger partial charge in [-0.25, -0.2) is 0 Å². The van der Waals surface area contributed by atoms with E-state index in [2.05, 4.69) is 10.3 Å². The summed E-state index contributed by atoms with van der Waals surface area (Å²) in [6, 6.07) is 9.20. The number of nitro groups is 1. The van der Waals surface area contributed by atoms with Crippen molar-refractivity contribution in [3.63, 3.8) is 0 Å². The predicted octanol–water partition coefficient (Wildman–Crippen LogP) is 2.07. The van der Waals surface area contributed by atoms with Crippen LogP contribution in [0.1, 0.15) is 12.5 Å². The van der Waals surface area contributed by atoms with Crippen LogP contribution in [0, 0.1) is 10.1 Å². The van der Waals surface area contributed by atoms with E-state index in [1.54, 1.807) is 19.3 Å². The lowest BCUT2D eigenvalue weighted by molar-refractivity contribution is -0.384. The van der Waals surface area contributed by atoms with Gasteiger partial charge >= 0.3 is 0 Å². The Bertz CT molecular complexity index is 644. The molecule has 1 atom stereocenters. The van der Waals surface area contributed by atoms with E-state index in [-0.39, 0.29) is 11.6 Å². The molecule has 2 rings (SSSR count). The molecular formula is C15H15N3O4. The molecule has 0 bridgehead atoms. The molecule has 2 aromatic rings. The average molecular weight is 301 g/mol. The maximum atomic E-state index is 11.9. The Kier molecular flexibility index (Phi) is 5.02. The van der Waals surface area contributed by atoms with Crippen molar-refractivity contribution >= 4 is 11.6 Å². The van der Waals surface area contributed by atoms with Gasteiger partial charge < -0.3 is 10.1 Å². The lowest BCUT2D eigenvalue weighted by Crippen LogP contribution is -2.35. The van der Waals surface area contributed by atoms with Gasteiger partial charge in [-0.2, -0.15) is 0 Å². The monoisotopic (exact) mass is 301 g/mol. The van der Waals surface area contributed by atoms with Gasteiger partial charge in [-0.3, -0.25) is 19.9 Å². The van der Waals surface area contributed by atoms with Crippen LogP contribution in [-0.4, -0.2) is 21.9 Å². The molecule has 0 spiro atoms. The number of nitrogens with zero attached hydrogens (tertiary/aromatic N) is 2. The van der Waals surface area contributed by atoms with Crippen molar-refractivity contribution in [1.82, 2.24) is 10.3 Å². The third-order valence-corrected chi connectivity index (χ3v) is 2.95. The fourth-order valence-electron chi connectivity index (χ4n) is 1.74. The van der Waals surface area contributed by atoms with Crippen molar-refractivity contribution < 1.29 is 14.5 Å². The van der Waals surface area contributed by atoms with Gasteiger partial charge in [0.2, 0.25) is 0 Å². The molecule has 114 valence electrons. The number of pyridine rings is 1. The first-order valence-electron chi connectivity index (χ1n) is 6.64. The average Bonchev–Trinajstić information content (AvgIpc) is 2.54. The zero-order valence-corrected chi connectivity index (χ0v) is 11.9. The Balaban J connectivity index is 1.86. The van der Waals surface area contributed by atoms with Crippen molar-refractivity contribution in [3.8, 4) is 5.75 Å². The Morgan fingerprint density at radius 3 is 2.50 bits per heavy atom. The van der Waals surface area contributed by atoms with E-state index in [1.165, 1.54) is 24.3 Å². The highest BCUT2D eigenvalue weighted by molar-refractivity contribution is 5.80. The number of amides is 1. The van der Waals surface area contributed by atoms with Crippen LogP contribution >= 0.6 is 0 Å². The third-order valence-electron chi connectivity index (χ3n) is 2.95. The summed E-state index contributed by atoms with van der Waals surface area (Å²) in [4.78, 5) is 25.9. The molecule has 1 aromatic carbocycles. The first kappa shape index (κ1) is 15.4. The van der Waals surface area contributed by atoms with Gasteiger partial charge in [-0.05, 0) is 36.8 Å². The van der Waals surface area contributed by atoms with Crippen molar-refractivity contribution in [3.05, 3.63) is 64.5 Å². The highest BCUT2D eigenvalue weighted by atomic mass is 16.6. The summed E-state index contributed by atoms with van der Waals surface area (Å²) in [6.07, 6.45) is 2.60. The molecule has 1 amide bonds. The summed E-state index contributed by atoms with van der Waals surface area (Å²) in [7, 11) is 0. The molecule has 7 heteroatoms. The standard InChI is InChI=1S/C15H15N3O4/c1-11(15(19)17-10-12-6-8-16-9-7-12)22-14-4-2-13(3-5-14)18(20)21/h2-9,11H,10H2,1H3,(H,17,19)/t11-/m1/s1. The summed E-state index contributed by atoms with van der Waals surface area (Å²) in [6.45, 7) is 2.00. The van der Waals surface area contributed by atoms with E-state index in [0.717, 1.165) is 5.56 Å². The Hall–Kier alpha value is -2.96. The van der Waals surface area contributed by atoms with Gasteiger partial charge in [0, 0.05) is 31.1 Å². The van der Waals surface area contributed by atoms with E-state index >= 15 is 0 Å². The Labute approximate surface area is 127 Å². The molecule has 0 radical (unpaired) electrons. The van der Waals surface area contributed by atoms with Crippen molar-refractivity contribution in [2.24, 2.45) is 0 Å². The number of aromatic nitrogens is 1. The number of carbonyl (C=O) groups excluding carboxylic acids is 1. The first-order chi connectivity index (χ1) is 10.6. The fourth-order valence-corrected chi connectivity index (χ4v) is 1.74. The largest absolute Gasteiger partial charge is 0.481 e. The van der Waals surface area contributed by atoms with E-state index < -0.39 is 11.0 Å². The summed E-state index contributed by atoms with van der Waals surface area (Å²) in [5, 5.41) is 13.3. The fraction of sp³-hybridized carbons (Fsp3) is 0.200. The normalized spacial score (nSPS) is 11.5. The lowest BCUT2D eigenvalue weighted by atomic mass is 10.2. The quantitative estimate of drug-likeness (QED) is 0.651. The van der Waals surface area contributed by atoms with Crippen molar-refractivity contribution in [2.45, 2.75) is 19.6 Å². The molecule has 0 fully saturated rings. The highest BCUT2D eigenvalue weighted by Crippen LogP contribution is 2.18. The minimum Gasteiger partial charge on any atom is -0.481 e. The van der Waals surface area contributed by atoms with E-state index in [1.807, 2.05) is 12.1 Å². The van der Waals surface area contributed by atoms with Crippen LogP contribution in [0.25, 0.3) is 0 Å². The number of benzene rings is 1. The molecule has 0 saturated heterocycles. The van der Waals surface area contributed by atoms with Crippen LogP contribution in [0.5, 0.6) is 5.75 Å². The van der Waals surface area contributed by atoms with Gasteiger partial charge in [-0.1, -0.05) is 0 Å². The SMILES string of the molecule is C[C@@H](Oc1ccc([N+](=O)[O-])cc1)C(=O)NCc1ccncc1. The minimum atomic E-state index is -0.705. The number of hydrogen-bond donors (Lipinski definition) is 1. The Morgan fingerprint density at radius 1 is 1.27 bits per heavy atom. The second-order valence-corrected chi connectivity index (χ2v) is 4.58. The number of ether oxygens (including phenoxy) is 1. The second kappa shape index (κ2) is 7.16. The summed E-state index contributed by atoms with van der Waals surface area (Å²) in [5.74, 6) is 0.132. The minimum absolute atomic E-state index is 0.0258. The Morgan fingerprint density at radius 2 is 1.91 bits per heavy atom. The topological polar surface area (TPSA) is 94.4 Å². The van der Waals surface area contributed by atoms with E-state index in [0.29, 0.717) is 12.3 Å². The molecule has 0 aliphatic rings. The third kappa shape index (κ3) is 4.27. The number of non-ortho nitro benzene ring substituents is 1.